The highest BCUT2D eigenvalue weighted by Gasteiger charge is 2.22. The molecule has 0 bridgehead atoms. The third-order valence-corrected chi connectivity index (χ3v) is 2.51. The molecule has 0 fully saturated rings. The number of hydrogen-bond donors (Lipinski definition) is 1. The van der Waals surface area contributed by atoms with E-state index >= 15 is 0 Å². The molecule has 0 aliphatic rings. The van der Waals surface area contributed by atoms with Gasteiger partial charge in [0.05, 0.1) is 14.1 Å². The Kier molecular flexibility index (Phi) is 2.30. The van der Waals surface area contributed by atoms with Crippen molar-refractivity contribution < 1.29 is 14.1 Å². The summed E-state index contributed by atoms with van der Waals surface area (Å²) in [6.45, 7) is 5.51. The number of nitrogens with zero attached hydrogens (tertiary/aromatic N) is 3. The smallest absolute Gasteiger partial charge is 0.306 e. The maximum Gasteiger partial charge on any atom is 0.306 e. The van der Waals surface area contributed by atoms with Gasteiger partial charge in [0, 0.05) is 12.0 Å². The van der Waals surface area contributed by atoms with Crippen molar-refractivity contribution in [2.24, 2.45) is 14.1 Å². The Morgan fingerprint density at radius 1 is 1.56 bits per heavy atom. The molecule has 0 unspecified atom stereocenters. The number of hydrogen-bond acceptors (Lipinski definition) is 3. The Morgan fingerprint density at radius 3 is 2.69 bits per heavy atom. The van der Waals surface area contributed by atoms with Gasteiger partial charge in [-0.25, -0.2) is 4.57 Å². The van der Waals surface area contributed by atoms with E-state index in [4.69, 9.17) is 4.42 Å². The molecule has 0 aromatic carbocycles. The summed E-state index contributed by atoms with van der Waals surface area (Å²) in [6, 6.07) is 3.38. The fourth-order valence-corrected chi connectivity index (χ4v) is 1.63. The molecule has 0 aliphatic carbocycles. The Morgan fingerprint density at radius 2 is 2.25 bits per heavy atom. The number of aliphatic hydroxyl groups excluding tert-OH is 1. The summed E-state index contributed by atoms with van der Waals surface area (Å²) in [6.07, 6.45) is 0. The van der Waals surface area contributed by atoms with Crippen LogP contribution in [0.25, 0.3) is 12.3 Å². The van der Waals surface area contributed by atoms with Gasteiger partial charge >= 0.3 is 5.82 Å². The van der Waals surface area contributed by atoms with Crippen LogP contribution in [0.1, 0.15) is 11.6 Å². The summed E-state index contributed by atoms with van der Waals surface area (Å²) >= 11 is 0. The lowest BCUT2D eigenvalue weighted by Gasteiger charge is -1.94. The Hall–Kier alpha value is -2.04. The predicted molar refractivity (Wildman–Crippen MR) is 57.7 cm³/mol. The van der Waals surface area contributed by atoms with Crippen molar-refractivity contribution in [2.75, 3.05) is 0 Å². The van der Waals surface area contributed by atoms with E-state index < -0.39 is 0 Å². The van der Waals surface area contributed by atoms with Crippen LogP contribution < -0.4 is 15.4 Å². The first-order chi connectivity index (χ1) is 7.50. The lowest BCUT2D eigenvalue weighted by Crippen LogP contribution is -2.36. The van der Waals surface area contributed by atoms with Crippen molar-refractivity contribution in [3.63, 3.8) is 0 Å². The number of aromatic nitrogens is 3. The van der Waals surface area contributed by atoms with Crippen LogP contribution in [-0.4, -0.2) is 14.9 Å². The second-order valence-corrected chi connectivity index (χ2v) is 3.67. The summed E-state index contributed by atoms with van der Waals surface area (Å²) in [7, 11) is 3.61. The third-order valence-electron chi connectivity index (χ3n) is 2.51. The van der Waals surface area contributed by atoms with Gasteiger partial charge in [0.2, 0.25) is 5.76 Å². The second-order valence-electron chi connectivity index (χ2n) is 3.67. The summed E-state index contributed by atoms with van der Waals surface area (Å²) in [5.74, 6) is 1.46. The van der Waals surface area contributed by atoms with E-state index in [2.05, 4.69) is 11.7 Å². The number of aliphatic hydroxyl groups is 1. The molecule has 5 nitrogen and oxygen atoms in total. The quantitative estimate of drug-likeness (QED) is 0.645. The van der Waals surface area contributed by atoms with Crippen molar-refractivity contribution in [3.8, 4) is 0 Å². The van der Waals surface area contributed by atoms with E-state index in [0.29, 0.717) is 16.7 Å². The largest absolute Gasteiger partial charge is 0.500 e. The zero-order valence-corrected chi connectivity index (χ0v) is 9.56. The molecule has 84 valence electrons. The molecule has 5 heteroatoms. The summed E-state index contributed by atoms with van der Waals surface area (Å²) in [5.41, 5.74) is 0.909. The summed E-state index contributed by atoms with van der Waals surface area (Å²) in [4.78, 5) is 0. The minimum Gasteiger partial charge on any atom is -0.500 e. The van der Waals surface area contributed by atoms with E-state index in [1.54, 1.807) is 28.4 Å². The molecule has 0 radical (unpaired) electrons. The van der Waals surface area contributed by atoms with E-state index in [1.807, 2.05) is 14.0 Å². The van der Waals surface area contributed by atoms with E-state index in [0.717, 1.165) is 5.82 Å². The Labute approximate surface area is 92.6 Å². The molecule has 2 heterocycles. The lowest BCUT2D eigenvalue weighted by atomic mass is 10.4. The van der Waals surface area contributed by atoms with E-state index in [1.165, 1.54) is 0 Å². The molecule has 2 aromatic heterocycles. The van der Waals surface area contributed by atoms with Crippen molar-refractivity contribution in [3.05, 3.63) is 34.6 Å². The highest BCUT2D eigenvalue weighted by molar-refractivity contribution is 5.46. The van der Waals surface area contributed by atoms with Gasteiger partial charge in [-0.1, -0.05) is 6.58 Å². The SMILES string of the molecule is C=c1cc/c(=C(/O)c2n(C)nc(C)[n+]2C)o1. The van der Waals surface area contributed by atoms with Crippen molar-refractivity contribution in [1.82, 2.24) is 9.78 Å². The van der Waals surface area contributed by atoms with Crippen LogP contribution in [0.4, 0.5) is 0 Å². The van der Waals surface area contributed by atoms with Crippen LogP contribution in [-0.2, 0) is 14.1 Å². The van der Waals surface area contributed by atoms with E-state index in [9.17, 15) is 5.11 Å². The molecule has 1 N–H and O–H groups in total. The minimum atomic E-state index is 0.0560. The van der Waals surface area contributed by atoms with Gasteiger partial charge in [0.1, 0.15) is 5.42 Å². The summed E-state index contributed by atoms with van der Waals surface area (Å²) < 4.78 is 8.67. The fourth-order valence-electron chi connectivity index (χ4n) is 1.63. The molecule has 0 atom stereocenters. The Bertz CT molecular complexity index is 637. The predicted octanol–water partition coefficient (Wildman–Crippen LogP) is -0.729. The minimum absolute atomic E-state index is 0.0560. The average Bonchev–Trinajstić information content (AvgIpc) is 2.73. The fraction of sp³-hybridized carbons (Fsp3) is 0.273. The molecule has 0 amide bonds. The first-order valence-electron chi connectivity index (χ1n) is 4.88. The third kappa shape index (κ3) is 1.50. The molecule has 2 aromatic rings. The van der Waals surface area contributed by atoms with Gasteiger partial charge < -0.3 is 9.52 Å². The summed E-state index contributed by atoms with van der Waals surface area (Å²) in [5, 5.41) is 14.3. The van der Waals surface area contributed by atoms with Crippen LogP contribution in [0.5, 0.6) is 0 Å². The highest BCUT2D eigenvalue weighted by Crippen LogP contribution is 2.01. The average molecular weight is 220 g/mol. The van der Waals surface area contributed by atoms with Gasteiger partial charge in [0.15, 0.2) is 5.42 Å². The zero-order valence-electron chi connectivity index (χ0n) is 9.56. The number of aryl methyl sites for hydroxylation is 2. The topological polar surface area (TPSA) is 55.1 Å². The molecule has 2 rings (SSSR count). The normalized spacial score (nSPS) is 12.9. The molecule has 0 saturated heterocycles. The van der Waals surface area contributed by atoms with Gasteiger partial charge in [-0.2, -0.15) is 0 Å². The van der Waals surface area contributed by atoms with Crippen molar-refractivity contribution >= 4 is 12.3 Å². The first kappa shape index (κ1) is 10.5. The first-order valence-corrected chi connectivity index (χ1v) is 4.88. The Balaban J connectivity index is 2.75. The van der Waals surface area contributed by atoms with Crippen LogP contribution in [0.3, 0.4) is 0 Å². The maximum atomic E-state index is 10.1. The molecular weight excluding hydrogens is 206 g/mol. The van der Waals surface area contributed by atoms with Crippen LogP contribution in [0.15, 0.2) is 16.5 Å². The maximum absolute atomic E-state index is 10.1. The molecule has 0 aliphatic heterocycles. The van der Waals surface area contributed by atoms with Crippen LogP contribution in [0, 0.1) is 6.92 Å². The highest BCUT2D eigenvalue weighted by atomic mass is 16.3. The number of rotatable bonds is 1. The van der Waals surface area contributed by atoms with E-state index in [-0.39, 0.29) is 5.76 Å². The molecule has 16 heavy (non-hydrogen) atoms. The lowest BCUT2D eigenvalue weighted by molar-refractivity contribution is -0.681. The van der Waals surface area contributed by atoms with Gasteiger partial charge in [0.25, 0.3) is 5.82 Å². The van der Waals surface area contributed by atoms with Crippen molar-refractivity contribution in [1.29, 1.82) is 0 Å². The molecule has 0 spiro atoms. The van der Waals surface area contributed by atoms with Gasteiger partial charge in [-0.15, -0.1) is 4.68 Å². The monoisotopic (exact) mass is 220 g/mol. The molecular formula is C11H14N3O2+. The van der Waals surface area contributed by atoms with Gasteiger partial charge in [-0.05, 0) is 12.1 Å². The van der Waals surface area contributed by atoms with Crippen LogP contribution >= 0.6 is 0 Å². The zero-order chi connectivity index (χ0) is 11.9. The van der Waals surface area contributed by atoms with Gasteiger partial charge in [-0.3, -0.25) is 0 Å². The second kappa shape index (κ2) is 3.52. The van der Waals surface area contributed by atoms with Crippen molar-refractivity contribution in [2.45, 2.75) is 6.92 Å². The van der Waals surface area contributed by atoms with Crippen LogP contribution in [0.2, 0.25) is 0 Å². The number of furan rings is 1. The standard InChI is InChI=1S/C11H13N3O2/c1-7-5-6-9(16-7)10(15)11-13(3)8(2)12-14(11)4/h5-6H,1H2,2-4H3/p+1/b10-9-. The molecule has 0 saturated carbocycles.